The number of hydrogen-bond donors (Lipinski definition) is 0. The summed E-state index contributed by atoms with van der Waals surface area (Å²) in [5.74, 6) is -0.160. The van der Waals surface area contributed by atoms with Crippen LogP contribution < -0.4 is 0 Å². The molecule has 3 atom stereocenters. The molecule has 0 aromatic heterocycles. The molecule has 110 valence electrons. The van der Waals surface area contributed by atoms with E-state index in [0.717, 1.165) is 25.7 Å². The molecule has 1 aliphatic heterocycles. The molecule has 2 aliphatic rings. The number of carbonyl (C=O) groups is 1. The first-order valence-electron chi connectivity index (χ1n) is 6.68. The summed E-state index contributed by atoms with van der Waals surface area (Å²) in [5, 5.41) is 0. The van der Waals surface area contributed by atoms with Crippen molar-refractivity contribution in [3.8, 4) is 0 Å². The van der Waals surface area contributed by atoms with Gasteiger partial charge in [-0.3, -0.25) is 4.79 Å². The average molecular weight is 290 g/mol. The SMILES string of the molecule is COC(=O)[C@@H]1C[C@H]2CCCC[C@H]2N1S(=O)(=O)N(C)C. The number of rotatable bonds is 3. The van der Waals surface area contributed by atoms with Gasteiger partial charge in [0.1, 0.15) is 6.04 Å². The average Bonchev–Trinajstić information content (AvgIpc) is 2.77. The lowest BCUT2D eigenvalue weighted by Crippen LogP contribution is -2.50. The van der Waals surface area contributed by atoms with Gasteiger partial charge in [0.2, 0.25) is 0 Å². The molecule has 1 saturated carbocycles. The number of fused-ring (bicyclic) bond motifs is 1. The largest absolute Gasteiger partial charge is 0.468 e. The lowest BCUT2D eigenvalue weighted by atomic mass is 9.85. The van der Waals surface area contributed by atoms with Crippen LogP contribution in [-0.2, 0) is 19.7 Å². The van der Waals surface area contributed by atoms with Crippen LogP contribution in [0, 0.1) is 5.92 Å². The molecule has 19 heavy (non-hydrogen) atoms. The van der Waals surface area contributed by atoms with Gasteiger partial charge in [0.05, 0.1) is 7.11 Å². The van der Waals surface area contributed by atoms with Gasteiger partial charge in [-0.2, -0.15) is 17.0 Å². The normalized spacial score (nSPS) is 32.3. The predicted octanol–water partition coefficient (Wildman–Crippen LogP) is 0.599. The summed E-state index contributed by atoms with van der Waals surface area (Å²) in [6.07, 6.45) is 4.56. The Balaban J connectivity index is 2.36. The van der Waals surface area contributed by atoms with E-state index in [-0.39, 0.29) is 12.0 Å². The summed E-state index contributed by atoms with van der Waals surface area (Å²) in [7, 11) is 0.724. The standard InChI is InChI=1S/C12H22N2O4S/c1-13(2)19(16,17)14-10-7-5-4-6-9(10)8-11(14)12(15)18-3/h9-11H,4-8H2,1-3H3/t9-,10-,11+/m1/s1. The fraction of sp³-hybridized carbons (Fsp3) is 0.917. The highest BCUT2D eigenvalue weighted by molar-refractivity contribution is 7.86. The van der Waals surface area contributed by atoms with Gasteiger partial charge in [0.25, 0.3) is 10.2 Å². The summed E-state index contributed by atoms with van der Waals surface area (Å²) >= 11 is 0. The predicted molar refractivity (Wildman–Crippen MR) is 70.6 cm³/mol. The summed E-state index contributed by atoms with van der Waals surface area (Å²) in [5.41, 5.74) is 0. The molecule has 0 aromatic carbocycles. The molecule has 1 aliphatic carbocycles. The summed E-state index contributed by atoms with van der Waals surface area (Å²) in [6, 6.07) is -0.712. The van der Waals surface area contributed by atoms with E-state index in [1.54, 1.807) is 0 Å². The Kier molecular flexibility index (Phi) is 4.17. The molecule has 1 heterocycles. The van der Waals surface area contributed by atoms with Crippen molar-refractivity contribution < 1.29 is 17.9 Å². The van der Waals surface area contributed by atoms with E-state index < -0.39 is 22.2 Å². The van der Waals surface area contributed by atoms with Crippen molar-refractivity contribution in [3.63, 3.8) is 0 Å². The first-order chi connectivity index (χ1) is 8.89. The number of ether oxygens (including phenoxy) is 1. The van der Waals surface area contributed by atoms with Gasteiger partial charge in [0.15, 0.2) is 0 Å². The van der Waals surface area contributed by atoms with E-state index in [1.807, 2.05) is 0 Å². The number of carbonyl (C=O) groups excluding carboxylic acids is 1. The Hall–Kier alpha value is -0.660. The number of esters is 1. The van der Waals surface area contributed by atoms with Crippen LogP contribution in [0.25, 0.3) is 0 Å². The first-order valence-corrected chi connectivity index (χ1v) is 8.08. The third-order valence-electron chi connectivity index (χ3n) is 4.23. The molecule has 2 fully saturated rings. The molecular weight excluding hydrogens is 268 g/mol. The van der Waals surface area contributed by atoms with Crippen molar-refractivity contribution in [2.45, 2.75) is 44.2 Å². The summed E-state index contributed by atoms with van der Waals surface area (Å²) < 4.78 is 32.3. The maximum absolute atomic E-state index is 12.5. The van der Waals surface area contributed by atoms with E-state index in [4.69, 9.17) is 4.74 Å². The molecule has 7 heteroatoms. The van der Waals surface area contributed by atoms with Crippen molar-refractivity contribution in [2.24, 2.45) is 5.92 Å². The lowest BCUT2D eigenvalue weighted by molar-refractivity contribution is -0.144. The molecule has 1 saturated heterocycles. The van der Waals surface area contributed by atoms with Crippen molar-refractivity contribution in [1.82, 2.24) is 8.61 Å². The van der Waals surface area contributed by atoms with E-state index in [1.165, 1.54) is 29.8 Å². The van der Waals surface area contributed by atoms with Crippen LogP contribution in [0.1, 0.15) is 32.1 Å². The monoisotopic (exact) mass is 290 g/mol. The highest BCUT2D eigenvalue weighted by atomic mass is 32.2. The van der Waals surface area contributed by atoms with Gasteiger partial charge in [0, 0.05) is 20.1 Å². The second-order valence-electron chi connectivity index (χ2n) is 5.51. The Morgan fingerprint density at radius 3 is 2.47 bits per heavy atom. The highest BCUT2D eigenvalue weighted by Crippen LogP contribution is 2.41. The molecule has 0 unspecified atom stereocenters. The van der Waals surface area contributed by atoms with E-state index in [0.29, 0.717) is 6.42 Å². The third-order valence-corrected chi connectivity index (χ3v) is 6.21. The quantitative estimate of drug-likeness (QED) is 0.714. The molecule has 0 spiro atoms. The van der Waals surface area contributed by atoms with Crippen LogP contribution in [0.3, 0.4) is 0 Å². The highest BCUT2D eigenvalue weighted by Gasteiger charge is 2.51. The van der Waals surface area contributed by atoms with Crippen molar-refractivity contribution in [2.75, 3.05) is 21.2 Å². The topological polar surface area (TPSA) is 66.9 Å². The molecule has 0 radical (unpaired) electrons. The van der Waals surface area contributed by atoms with Gasteiger partial charge in [-0.1, -0.05) is 12.8 Å². The summed E-state index contributed by atoms with van der Waals surface area (Å²) in [4.78, 5) is 11.9. The third kappa shape index (κ3) is 2.51. The van der Waals surface area contributed by atoms with Crippen molar-refractivity contribution in [1.29, 1.82) is 0 Å². The lowest BCUT2D eigenvalue weighted by Gasteiger charge is -2.33. The second-order valence-corrected chi connectivity index (χ2v) is 7.55. The van der Waals surface area contributed by atoms with Crippen LogP contribution in [0.15, 0.2) is 0 Å². The molecule has 0 aromatic rings. The zero-order chi connectivity index (χ0) is 14.2. The van der Waals surface area contributed by atoms with E-state index in [2.05, 4.69) is 0 Å². The molecular formula is C12H22N2O4S. The minimum absolute atomic E-state index is 0.0507. The molecule has 6 nitrogen and oxygen atoms in total. The van der Waals surface area contributed by atoms with Crippen molar-refractivity contribution in [3.05, 3.63) is 0 Å². The number of methoxy groups -OCH3 is 1. The van der Waals surface area contributed by atoms with Gasteiger partial charge in [-0.05, 0) is 25.2 Å². The van der Waals surface area contributed by atoms with E-state index in [9.17, 15) is 13.2 Å². The fourth-order valence-corrected chi connectivity index (χ4v) is 4.77. The Morgan fingerprint density at radius 2 is 1.89 bits per heavy atom. The van der Waals surface area contributed by atoms with Crippen LogP contribution in [-0.4, -0.2) is 56.3 Å². The van der Waals surface area contributed by atoms with E-state index >= 15 is 0 Å². The maximum Gasteiger partial charge on any atom is 0.324 e. The van der Waals surface area contributed by atoms with Gasteiger partial charge in [-0.25, -0.2) is 0 Å². The summed E-state index contributed by atoms with van der Waals surface area (Å²) in [6.45, 7) is 0. The Labute approximate surface area is 114 Å². The maximum atomic E-state index is 12.5. The minimum Gasteiger partial charge on any atom is -0.468 e. The molecule has 0 N–H and O–H groups in total. The van der Waals surface area contributed by atoms with Gasteiger partial charge < -0.3 is 4.74 Å². The number of hydrogen-bond acceptors (Lipinski definition) is 4. The molecule has 2 rings (SSSR count). The fourth-order valence-electron chi connectivity index (χ4n) is 3.28. The van der Waals surface area contributed by atoms with Crippen LogP contribution >= 0.6 is 0 Å². The molecule has 0 amide bonds. The van der Waals surface area contributed by atoms with Crippen LogP contribution in [0.4, 0.5) is 0 Å². The first kappa shape index (κ1) is 14.7. The van der Waals surface area contributed by atoms with Gasteiger partial charge >= 0.3 is 5.97 Å². The molecule has 0 bridgehead atoms. The Bertz CT molecular complexity index is 449. The van der Waals surface area contributed by atoms with Crippen LogP contribution in [0.5, 0.6) is 0 Å². The zero-order valence-corrected chi connectivity index (χ0v) is 12.5. The zero-order valence-electron chi connectivity index (χ0n) is 11.7. The van der Waals surface area contributed by atoms with Crippen LogP contribution in [0.2, 0.25) is 0 Å². The Morgan fingerprint density at radius 1 is 1.26 bits per heavy atom. The number of nitrogens with zero attached hydrogens (tertiary/aromatic N) is 2. The van der Waals surface area contributed by atoms with Gasteiger partial charge in [-0.15, -0.1) is 0 Å². The minimum atomic E-state index is -3.59. The second kappa shape index (κ2) is 5.38. The smallest absolute Gasteiger partial charge is 0.324 e. The van der Waals surface area contributed by atoms with Crippen molar-refractivity contribution >= 4 is 16.2 Å².